The molecule has 0 saturated carbocycles. The maximum atomic E-state index is 11.6. The van der Waals surface area contributed by atoms with Crippen molar-refractivity contribution < 1.29 is 19.1 Å². The van der Waals surface area contributed by atoms with Crippen molar-refractivity contribution in [2.75, 3.05) is 25.1 Å². The third-order valence-electron chi connectivity index (χ3n) is 2.97. The molecule has 0 aliphatic heterocycles. The van der Waals surface area contributed by atoms with Crippen LogP contribution in [0.15, 0.2) is 48.8 Å². The number of nitrogens with zero attached hydrogens (tertiary/aromatic N) is 1. The van der Waals surface area contributed by atoms with Crippen LogP contribution in [0.3, 0.4) is 0 Å². The molecule has 0 bridgehead atoms. The molecule has 2 rings (SSSR count). The molecule has 2 N–H and O–H groups in total. The van der Waals surface area contributed by atoms with Gasteiger partial charge in [-0.3, -0.25) is 14.6 Å². The first kappa shape index (κ1) is 18.8. The molecule has 0 aliphatic rings. The number of carbonyl (C=O) groups is 2. The monoisotopic (exact) mass is 353 g/mol. The molecule has 0 unspecified atom stereocenters. The van der Waals surface area contributed by atoms with E-state index in [1.54, 1.807) is 42.6 Å². The molecule has 0 saturated heterocycles. The molecule has 1 aromatic heterocycles. The molecule has 0 fully saturated rings. The lowest BCUT2D eigenvalue weighted by Crippen LogP contribution is -2.29. The number of benzene rings is 1. The Labute approximate surface area is 151 Å². The Bertz CT molecular complexity index is 797. The average Bonchev–Trinajstić information content (AvgIpc) is 2.63. The number of hydrogen-bond acceptors (Lipinski definition) is 5. The first-order chi connectivity index (χ1) is 12.6. The molecule has 134 valence electrons. The van der Waals surface area contributed by atoms with E-state index in [4.69, 9.17) is 9.47 Å². The van der Waals surface area contributed by atoms with Crippen LogP contribution in [0.4, 0.5) is 5.69 Å². The van der Waals surface area contributed by atoms with Crippen LogP contribution >= 0.6 is 0 Å². The van der Waals surface area contributed by atoms with E-state index in [9.17, 15) is 9.59 Å². The summed E-state index contributed by atoms with van der Waals surface area (Å²) in [5.74, 6) is 6.29. The second kappa shape index (κ2) is 10.4. The van der Waals surface area contributed by atoms with Crippen molar-refractivity contribution in [2.24, 2.45) is 0 Å². The van der Waals surface area contributed by atoms with Gasteiger partial charge in [0.25, 0.3) is 5.91 Å². The second-order valence-electron chi connectivity index (χ2n) is 5.11. The maximum Gasteiger partial charge on any atom is 0.258 e. The van der Waals surface area contributed by atoms with E-state index < -0.39 is 0 Å². The largest absolute Gasteiger partial charge is 0.482 e. The zero-order valence-corrected chi connectivity index (χ0v) is 14.3. The molecule has 1 heterocycles. The Balaban J connectivity index is 1.64. The molecule has 7 heteroatoms. The summed E-state index contributed by atoms with van der Waals surface area (Å²) in [4.78, 5) is 26.5. The van der Waals surface area contributed by atoms with E-state index in [2.05, 4.69) is 27.5 Å². The number of anilines is 1. The van der Waals surface area contributed by atoms with Gasteiger partial charge in [-0.1, -0.05) is 17.9 Å². The van der Waals surface area contributed by atoms with Crippen molar-refractivity contribution in [3.05, 3.63) is 48.8 Å². The lowest BCUT2D eigenvalue weighted by atomic mass is 10.3. The topological polar surface area (TPSA) is 89.6 Å². The van der Waals surface area contributed by atoms with Gasteiger partial charge in [-0.15, -0.1) is 0 Å². The zero-order valence-electron chi connectivity index (χ0n) is 14.3. The van der Waals surface area contributed by atoms with Crippen LogP contribution in [-0.4, -0.2) is 36.6 Å². The van der Waals surface area contributed by atoms with Crippen molar-refractivity contribution >= 4 is 17.5 Å². The number of carbonyl (C=O) groups excluding carboxylic acids is 2. The summed E-state index contributed by atoms with van der Waals surface area (Å²) in [6.45, 7) is 1.71. The minimum Gasteiger partial charge on any atom is -0.482 e. The highest BCUT2D eigenvalue weighted by molar-refractivity contribution is 5.88. The molecule has 0 atom stereocenters. The second-order valence-corrected chi connectivity index (χ2v) is 5.11. The van der Waals surface area contributed by atoms with Gasteiger partial charge in [0.2, 0.25) is 5.91 Å². The maximum absolute atomic E-state index is 11.6. The van der Waals surface area contributed by atoms with E-state index >= 15 is 0 Å². The van der Waals surface area contributed by atoms with Crippen LogP contribution in [0.5, 0.6) is 11.5 Å². The predicted octanol–water partition coefficient (Wildman–Crippen LogP) is 1.62. The molecular formula is C19H19N3O4. The van der Waals surface area contributed by atoms with Gasteiger partial charge in [-0.2, -0.15) is 0 Å². The molecule has 0 spiro atoms. The van der Waals surface area contributed by atoms with Gasteiger partial charge in [-0.05, 0) is 24.3 Å². The summed E-state index contributed by atoms with van der Waals surface area (Å²) in [7, 11) is 0. The molecule has 2 amide bonds. The number of ether oxygens (including phenoxy) is 2. The van der Waals surface area contributed by atoms with E-state index in [0.717, 1.165) is 0 Å². The van der Waals surface area contributed by atoms with Gasteiger partial charge in [-0.25, -0.2) is 0 Å². The Morgan fingerprint density at radius 1 is 1.12 bits per heavy atom. The number of amides is 2. The van der Waals surface area contributed by atoms with Gasteiger partial charge < -0.3 is 20.1 Å². The van der Waals surface area contributed by atoms with E-state index in [-0.39, 0.29) is 31.6 Å². The molecular weight excluding hydrogens is 334 g/mol. The normalized spacial score (nSPS) is 9.42. The first-order valence-corrected chi connectivity index (χ1v) is 7.89. The number of hydrogen-bond donors (Lipinski definition) is 2. The summed E-state index contributed by atoms with van der Waals surface area (Å²) in [6.07, 6.45) is 3.16. The molecule has 2 aromatic rings. The number of rotatable bonds is 7. The zero-order chi connectivity index (χ0) is 18.6. The van der Waals surface area contributed by atoms with E-state index in [0.29, 0.717) is 17.2 Å². The molecule has 0 radical (unpaired) electrons. The Morgan fingerprint density at radius 3 is 2.73 bits per heavy atom. The summed E-state index contributed by atoms with van der Waals surface area (Å²) in [6, 6.07) is 10.5. The highest BCUT2D eigenvalue weighted by Crippen LogP contribution is 2.16. The summed E-state index contributed by atoms with van der Waals surface area (Å²) in [5, 5.41) is 5.30. The fraction of sp³-hybridized carbons (Fsp3) is 0.211. The van der Waals surface area contributed by atoms with Gasteiger partial charge in [0.15, 0.2) is 6.61 Å². The van der Waals surface area contributed by atoms with Crippen LogP contribution in [-0.2, 0) is 9.59 Å². The summed E-state index contributed by atoms with van der Waals surface area (Å²) in [5.41, 5.74) is 0.656. The van der Waals surface area contributed by atoms with E-state index in [1.165, 1.54) is 13.1 Å². The lowest BCUT2D eigenvalue weighted by molar-refractivity contribution is -0.122. The van der Waals surface area contributed by atoms with Crippen LogP contribution in [0.1, 0.15) is 6.92 Å². The highest BCUT2D eigenvalue weighted by Gasteiger charge is 2.01. The molecule has 7 nitrogen and oxygen atoms in total. The molecule has 0 aliphatic carbocycles. The Kier molecular flexibility index (Phi) is 7.49. The van der Waals surface area contributed by atoms with Crippen LogP contribution in [0, 0.1) is 11.8 Å². The minimum atomic E-state index is -0.271. The average molecular weight is 353 g/mol. The predicted molar refractivity (Wildman–Crippen MR) is 96.8 cm³/mol. The standard InChI is InChI=1S/C19H19N3O4/c1-15(23)22-16-6-4-7-17(12-16)25-11-3-2-10-21-19(24)14-26-18-8-5-9-20-13-18/h4-9,12-13H,10-11,14H2,1H3,(H,21,24)(H,22,23). The van der Waals surface area contributed by atoms with Crippen molar-refractivity contribution in [3.63, 3.8) is 0 Å². The lowest BCUT2D eigenvalue weighted by Gasteiger charge is -2.06. The first-order valence-electron chi connectivity index (χ1n) is 7.89. The van der Waals surface area contributed by atoms with Gasteiger partial charge in [0.1, 0.15) is 18.1 Å². The molecule has 26 heavy (non-hydrogen) atoms. The Morgan fingerprint density at radius 2 is 1.96 bits per heavy atom. The summed E-state index contributed by atoms with van der Waals surface area (Å²) < 4.78 is 10.7. The fourth-order valence-electron chi connectivity index (χ4n) is 1.88. The van der Waals surface area contributed by atoms with Gasteiger partial charge in [0, 0.05) is 24.9 Å². The van der Waals surface area contributed by atoms with Gasteiger partial charge in [0.05, 0.1) is 12.7 Å². The van der Waals surface area contributed by atoms with Crippen molar-refractivity contribution in [2.45, 2.75) is 6.92 Å². The van der Waals surface area contributed by atoms with Crippen molar-refractivity contribution in [1.82, 2.24) is 10.3 Å². The summed E-state index contributed by atoms with van der Waals surface area (Å²) >= 11 is 0. The van der Waals surface area contributed by atoms with Crippen LogP contribution in [0.25, 0.3) is 0 Å². The minimum absolute atomic E-state index is 0.0974. The third kappa shape index (κ3) is 7.36. The fourth-order valence-corrected chi connectivity index (χ4v) is 1.88. The highest BCUT2D eigenvalue weighted by atomic mass is 16.5. The third-order valence-corrected chi connectivity index (χ3v) is 2.97. The van der Waals surface area contributed by atoms with Crippen molar-refractivity contribution in [3.8, 4) is 23.3 Å². The van der Waals surface area contributed by atoms with Gasteiger partial charge >= 0.3 is 0 Å². The molecule has 1 aromatic carbocycles. The van der Waals surface area contributed by atoms with Crippen LogP contribution < -0.4 is 20.1 Å². The SMILES string of the molecule is CC(=O)Nc1cccc(OCC#CCNC(=O)COc2cccnc2)c1. The smallest absolute Gasteiger partial charge is 0.258 e. The number of nitrogens with one attached hydrogen (secondary N) is 2. The Hall–Kier alpha value is -3.53. The quantitative estimate of drug-likeness (QED) is 0.739. The van der Waals surface area contributed by atoms with E-state index in [1.807, 2.05) is 0 Å². The van der Waals surface area contributed by atoms with Crippen molar-refractivity contribution in [1.29, 1.82) is 0 Å². The number of pyridine rings is 1. The number of aromatic nitrogens is 1. The van der Waals surface area contributed by atoms with Crippen LogP contribution in [0.2, 0.25) is 0 Å².